The quantitative estimate of drug-likeness (QED) is 0.839. The summed E-state index contributed by atoms with van der Waals surface area (Å²) in [4.78, 5) is 8.97. The molecule has 0 atom stereocenters. The predicted molar refractivity (Wildman–Crippen MR) is 74.3 cm³/mol. The van der Waals surface area contributed by atoms with E-state index in [0.29, 0.717) is 5.82 Å². The minimum Gasteiger partial charge on any atom is -0.383 e. The van der Waals surface area contributed by atoms with Crippen molar-refractivity contribution in [3.05, 3.63) is 29.8 Å². The predicted octanol–water partition coefficient (Wildman–Crippen LogP) is 2.67. The molecule has 2 aromatic heterocycles. The molecule has 0 bridgehead atoms. The SMILES string of the molecule is Cc1ccc(-c2nc(C(C)(C)C)n(C)c2N)cn1. The average Bonchev–Trinajstić information content (AvgIpc) is 2.57. The van der Waals surface area contributed by atoms with Gasteiger partial charge in [-0.1, -0.05) is 20.8 Å². The van der Waals surface area contributed by atoms with E-state index < -0.39 is 0 Å². The lowest BCUT2D eigenvalue weighted by atomic mass is 9.96. The largest absolute Gasteiger partial charge is 0.383 e. The summed E-state index contributed by atoms with van der Waals surface area (Å²) >= 11 is 0. The number of anilines is 1. The molecule has 0 aliphatic carbocycles. The maximum atomic E-state index is 6.14. The molecular formula is C14H20N4. The Morgan fingerprint density at radius 2 is 1.89 bits per heavy atom. The Labute approximate surface area is 108 Å². The van der Waals surface area contributed by atoms with Crippen molar-refractivity contribution < 1.29 is 0 Å². The minimum absolute atomic E-state index is 0.0285. The van der Waals surface area contributed by atoms with Gasteiger partial charge in [-0.05, 0) is 19.1 Å². The summed E-state index contributed by atoms with van der Waals surface area (Å²) in [6.45, 7) is 8.36. The number of imidazole rings is 1. The number of nitrogens with two attached hydrogens (primary N) is 1. The van der Waals surface area contributed by atoms with Crippen LogP contribution in [0.4, 0.5) is 5.82 Å². The molecule has 96 valence electrons. The van der Waals surface area contributed by atoms with E-state index >= 15 is 0 Å². The van der Waals surface area contributed by atoms with Crippen LogP contribution in [-0.4, -0.2) is 14.5 Å². The third-order valence-corrected chi connectivity index (χ3v) is 3.00. The zero-order chi connectivity index (χ0) is 13.5. The van der Waals surface area contributed by atoms with Crippen LogP contribution in [0, 0.1) is 6.92 Å². The standard InChI is InChI=1S/C14H20N4/c1-9-6-7-10(8-16-9)11-12(15)18(5)13(17-11)14(2,3)4/h6-8H,15H2,1-5H3. The van der Waals surface area contributed by atoms with Crippen LogP contribution in [0.3, 0.4) is 0 Å². The fourth-order valence-electron chi connectivity index (χ4n) is 2.00. The summed E-state index contributed by atoms with van der Waals surface area (Å²) in [5.41, 5.74) is 8.88. The number of rotatable bonds is 1. The van der Waals surface area contributed by atoms with Gasteiger partial charge >= 0.3 is 0 Å². The van der Waals surface area contributed by atoms with Crippen LogP contribution in [0.2, 0.25) is 0 Å². The van der Waals surface area contributed by atoms with Crippen molar-refractivity contribution >= 4 is 5.82 Å². The first kappa shape index (κ1) is 12.6. The van der Waals surface area contributed by atoms with Crippen LogP contribution in [0.15, 0.2) is 18.3 Å². The second-order valence-electron chi connectivity index (χ2n) is 5.67. The Morgan fingerprint density at radius 1 is 1.22 bits per heavy atom. The highest BCUT2D eigenvalue weighted by Gasteiger charge is 2.23. The second-order valence-corrected chi connectivity index (χ2v) is 5.67. The fourth-order valence-corrected chi connectivity index (χ4v) is 2.00. The van der Waals surface area contributed by atoms with Crippen molar-refractivity contribution in [2.24, 2.45) is 7.05 Å². The highest BCUT2D eigenvalue weighted by atomic mass is 15.1. The van der Waals surface area contributed by atoms with Gasteiger partial charge in [-0.2, -0.15) is 0 Å². The Morgan fingerprint density at radius 3 is 2.33 bits per heavy atom. The third kappa shape index (κ3) is 2.10. The molecule has 0 saturated heterocycles. The summed E-state index contributed by atoms with van der Waals surface area (Å²) in [5.74, 6) is 1.67. The number of aromatic nitrogens is 3. The van der Waals surface area contributed by atoms with Gasteiger partial charge in [0.25, 0.3) is 0 Å². The molecule has 0 saturated carbocycles. The zero-order valence-corrected chi connectivity index (χ0v) is 11.7. The first-order chi connectivity index (χ1) is 8.30. The molecule has 0 unspecified atom stereocenters. The Kier molecular flexibility index (Phi) is 2.89. The second kappa shape index (κ2) is 4.12. The van der Waals surface area contributed by atoms with Crippen molar-refractivity contribution in [1.29, 1.82) is 0 Å². The van der Waals surface area contributed by atoms with Gasteiger partial charge in [0.15, 0.2) is 0 Å². The van der Waals surface area contributed by atoms with E-state index in [1.165, 1.54) is 0 Å². The summed E-state index contributed by atoms with van der Waals surface area (Å²) in [5, 5.41) is 0. The van der Waals surface area contributed by atoms with Crippen molar-refractivity contribution in [3.63, 3.8) is 0 Å². The molecule has 0 fully saturated rings. The van der Waals surface area contributed by atoms with E-state index in [1.807, 2.05) is 36.9 Å². The molecule has 0 aromatic carbocycles. The van der Waals surface area contributed by atoms with E-state index in [-0.39, 0.29) is 5.41 Å². The molecule has 2 rings (SSSR count). The topological polar surface area (TPSA) is 56.7 Å². The van der Waals surface area contributed by atoms with E-state index in [9.17, 15) is 0 Å². The minimum atomic E-state index is -0.0285. The number of pyridine rings is 1. The summed E-state index contributed by atoms with van der Waals surface area (Å²) in [7, 11) is 1.95. The number of aryl methyl sites for hydroxylation is 1. The van der Waals surface area contributed by atoms with Gasteiger partial charge in [0.05, 0.1) is 0 Å². The van der Waals surface area contributed by atoms with Gasteiger partial charge in [0.2, 0.25) is 0 Å². The van der Waals surface area contributed by atoms with E-state index in [0.717, 1.165) is 22.8 Å². The lowest BCUT2D eigenvalue weighted by Gasteiger charge is -2.17. The normalized spacial score (nSPS) is 11.8. The molecule has 0 spiro atoms. The summed E-state index contributed by atoms with van der Waals surface area (Å²) < 4.78 is 1.95. The Bertz CT molecular complexity index is 559. The van der Waals surface area contributed by atoms with Crippen LogP contribution >= 0.6 is 0 Å². The average molecular weight is 244 g/mol. The summed E-state index contributed by atoms with van der Waals surface area (Å²) in [6, 6.07) is 3.98. The van der Waals surface area contributed by atoms with Crippen LogP contribution in [0.5, 0.6) is 0 Å². The van der Waals surface area contributed by atoms with E-state index in [1.54, 1.807) is 0 Å². The van der Waals surface area contributed by atoms with E-state index in [2.05, 4.69) is 30.7 Å². The lowest BCUT2D eigenvalue weighted by molar-refractivity contribution is 0.524. The third-order valence-electron chi connectivity index (χ3n) is 3.00. The van der Waals surface area contributed by atoms with Crippen molar-refractivity contribution in [2.45, 2.75) is 33.1 Å². The van der Waals surface area contributed by atoms with E-state index in [4.69, 9.17) is 5.73 Å². The first-order valence-corrected chi connectivity index (χ1v) is 6.06. The van der Waals surface area contributed by atoms with Crippen LogP contribution in [-0.2, 0) is 12.5 Å². The van der Waals surface area contributed by atoms with Crippen molar-refractivity contribution in [3.8, 4) is 11.3 Å². The Balaban J connectivity index is 2.56. The fraction of sp³-hybridized carbons (Fsp3) is 0.429. The highest BCUT2D eigenvalue weighted by molar-refractivity contribution is 5.70. The number of nitrogens with zero attached hydrogens (tertiary/aromatic N) is 3. The molecule has 18 heavy (non-hydrogen) atoms. The van der Waals surface area contributed by atoms with Crippen LogP contribution in [0.25, 0.3) is 11.3 Å². The molecule has 2 aromatic rings. The van der Waals surface area contributed by atoms with Crippen LogP contribution in [0.1, 0.15) is 32.3 Å². The molecule has 2 heterocycles. The lowest BCUT2D eigenvalue weighted by Crippen LogP contribution is -2.17. The maximum absolute atomic E-state index is 6.14. The smallest absolute Gasteiger partial charge is 0.131 e. The molecule has 0 aliphatic rings. The first-order valence-electron chi connectivity index (χ1n) is 6.06. The number of hydrogen-bond acceptors (Lipinski definition) is 3. The molecule has 2 N–H and O–H groups in total. The molecule has 0 radical (unpaired) electrons. The molecule has 0 amide bonds. The molecule has 4 heteroatoms. The van der Waals surface area contributed by atoms with Crippen molar-refractivity contribution in [1.82, 2.24) is 14.5 Å². The molecule has 4 nitrogen and oxygen atoms in total. The van der Waals surface area contributed by atoms with Gasteiger partial charge in [0, 0.05) is 29.9 Å². The van der Waals surface area contributed by atoms with Gasteiger partial charge in [0.1, 0.15) is 17.3 Å². The van der Waals surface area contributed by atoms with Crippen LogP contribution < -0.4 is 5.73 Å². The maximum Gasteiger partial charge on any atom is 0.131 e. The van der Waals surface area contributed by atoms with Crippen molar-refractivity contribution in [2.75, 3.05) is 5.73 Å². The molecular weight excluding hydrogens is 224 g/mol. The highest BCUT2D eigenvalue weighted by Crippen LogP contribution is 2.30. The van der Waals surface area contributed by atoms with Gasteiger partial charge in [-0.15, -0.1) is 0 Å². The monoisotopic (exact) mass is 244 g/mol. The summed E-state index contributed by atoms with van der Waals surface area (Å²) in [6.07, 6.45) is 1.82. The molecule has 0 aliphatic heterocycles. The number of hydrogen-bond donors (Lipinski definition) is 1. The number of nitrogen functional groups attached to an aromatic ring is 1. The zero-order valence-electron chi connectivity index (χ0n) is 11.7. The Hall–Kier alpha value is -1.84. The van der Waals surface area contributed by atoms with Gasteiger partial charge in [-0.25, -0.2) is 4.98 Å². The van der Waals surface area contributed by atoms with Gasteiger partial charge in [-0.3, -0.25) is 4.98 Å². The van der Waals surface area contributed by atoms with Gasteiger partial charge < -0.3 is 10.3 Å².